The SMILES string of the molecule is O=C=NCCCCC1CC2CC(CN=C=O)C1C2. The maximum atomic E-state index is 10.2. The van der Waals surface area contributed by atoms with Crippen molar-refractivity contribution >= 4 is 12.2 Å². The minimum absolute atomic E-state index is 0.614. The van der Waals surface area contributed by atoms with Gasteiger partial charge in [-0.2, -0.15) is 0 Å². The fourth-order valence-electron chi connectivity index (χ4n) is 3.99. The molecule has 2 bridgehead atoms. The second kappa shape index (κ2) is 6.63. The van der Waals surface area contributed by atoms with Gasteiger partial charge in [-0.25, -0.2) is 19.6 Å². The van der Waals surface area contributed by atoms with Crippen molar-refractivity contribution in [1.29, 1.82) is 0 Å². The fraction of sp³-hybridized carbons (Fsp3) is 0.857. The van der Waals surface area contributed by atoms with E-state index in [1.54, 1.807) is 12.2 Å². The molecule has 0 spiro atoms. The van der Waals surface area contributed by atoms with Crippen LogP contribution in [0.4, 0.5) is 0 Å². The molecule has 0 aromatic rings. The maximum Gasteiger partial charge on any atom is 0.234 e. The van der Waals surface area contributed by atoms with Gasteiger partial charge in [0.1, 0.15) is 0 Å². The van der Waals surface area contributed by atoms with E-state index in [0.29, 0.717) is 19.0 Å². The first-order valence-corrected chi connectivity index (χ1v) is 6.92. The van der Waals surface area contributed by atoms with E-state index in [-0.39, 0.29) is 0 Å². The fourth-order valence-corrected chi connectivity index (χ4v) is 3.99. The lowest BCUT2D eigenvalue weighted by Gasteiger charge is -2.28. The lowest BCUT2D eigenvalue weighted by atomic mass is 9.78. The first-order valence-electron chi connectivity index (χ1n) is 6.92. The normalized spacial score (nSPS) is 32.9. The number of nitrogens with zero attached hydrogens (tertiary/aromatic N) is 2. The zero-order valence-corrected chi connectivity index (χ0v) is 10.7. The quantitative estimate of drug-likeness (QED) is 0.395. The zero-order chi connectivity index (χ0) is 12.8. The van der Waals surface area contributed by atoms with Crippen molar-refractivity contribution in [2.45, 2.75) is 38.5 Å². The van der Waals surface area contributed by atoms with Crippen molar-refractivity contribution < 1.29 is 9.59 Å². The van der Waals surface area contributed by atoms with E-state index < -0.39 is 0 Å². The van der Waals surface area contributed by atoms with Crippen LogP contribution in [0.15, 0.2) is 9.98 Å². The van der Waals surface area contributed by atoms with Crippen LogP contribution in [-0.2, 0) is 9.59 Å². The molecule has 2 rings (SSSR count). The second-order valence-electron chi connectivity index (χ2n) is 5.66. The largest absolute Gasteiger partial charge is 0.234 e. The van der Waals surface area contributed by atoms with Gasteiger partial charge in [0.05, 0.1) is 13.1 Å². The van der Waals surface area contributed by atoms with Crippen molar-refractivity contribution in [3.05, 3.63) is 0 Å². The molecule has 0 N–H and O–H groups in total. The number of rotatable bonds is 7. The van der Waals surface area contributed by atoms with Gasteiger partial charge in [-0.15, -0.1) is 0 Å². The molecular formula is C14H20N2O2. The molecule has 4 unspecified atom stereocenters. The maximum absolute atomic E-state index is 10.2. The van der Waals surface area contributed by atoms with Crippen LogP contribution in [0, 0.1) is 23.7 Å². The van der Waals surface area contributed by atoms with E-state index in [9.17, 15) is 9.59 Å². The average molecular weight is 248 g/mol. The number of hydrogen-bond donors (Lipinski definition) is 0. The molecule has 2 fully saturated rings. The molecule has 0 heterocycles. The van der Waals surface area contributed by atoms with Gasteiger partial charge in [-0.1, -0.05) is 12.8 Å². The standard InChI is InChI=1S/C14H20N2O2/c17-9-15-4-2-1-3-12-5-11-6-13(8-16-10-18)14(12)7-11/h11-14H,1-8H2. The molecule has 0 amide bonds. The topological polar surface area (TPSA) is 58.9 Å². The summed E-state index contributed by atoms with van der Waals surface area (Å²) in [7, 11) is 0. The van der Waals surface area contributed by atoms with E-state index in [0.717, 1.165) is 30.6 Å². The minimum Gasteiger partial charge on any atom is -0.211 e. The Morgan fingerprint density at radius 3 is 2.44 bits per heavy atom. The highest BCUT2D eigenvalue weighted by Crippen LogP contribution is 2.53. The molecule has 4 heteroatoms. The Balaban J connectivity index is 1.73. The zero-order valence-electron chi connectivity index (χ0n) is 10.7. The molecule has 0 aliphatic heterocycles. The first-order chi connectivity index (χ1) is 8.85. The third-order valence-electron chi connectivity index (χ3n) is 4.64. The van der Waals surface area contributed by atoms with Crippen LogP contribution >= 0.6 is 0 Å². The number of isocyanates is 2. The van der Waals surface area contributed by atoms with Gasteiger partial charge in [-0.3, -0.25) is 0 Å². The lowest BCUT2D eigenvalue weighted by molar-refractivity contribution is 0.228. The summed E-state index contributed by atoms with van der Waals surface area (Å²) >= 11 is 0. The highest BCUT2D eigenvalue weighted by molar-refractivity contribution is 5.33. The van der Waals surface area contributed by atoms with Crippen molar-refractivity contribution in [2.24, 2.45) is 33.7 Å². The summed E-state index contributed by atoms with van der Waals surface area (Å²) in [6.45, 7) is 1.29. The first kappa shape index (κ1) is 13.2. The van der Waals surface area contributed by atoms with E-state index in [4.69, 9.17) is 0 Å². The highest BCUT2D eigenvalue weighted by atomic mass is 16.1. The van der Waals surface area contributed by atoms with Crippen LogP contribution in [0.3, 0.4) is 0 Å². The molecular weight excluding hydrogens is 228 g/mol. The average Bonchev–Trinajstić information content (AvgIpc) is 2.95. The van der Waals surface area contributed by atoms with Gasteiger partial charge in [0.25, 0.3) is 0 Å². The Morgan fingerprint density at radius 1 is 0.944 bits per heavy atom. The van der Waals surface area contributed by atoms with Crippen LogP contribution in [0.1, 0.15) is 38.5 Å². The van der Waals surface area contributed by atoms with Gasteiger partial charge in [-0.05, 0) is 49.4 Å². The van der Waals surface area contributed by atoms with Gasteiger partial charge < -0.3 is 0 Å². The molecule has 0 saturated heterocycles. The summed E-state index contributed by atoms with van der Waals surface area (Å²) in [6.07, 6.45) is 10.5. The number of aliphatic imine (C=N–C) groups is 2. The van der Waals surface area contributed by atoms with Crippen LogP contribution < -0.4 is 0 Å². The number of unbranched alkanes of at least 4 members (excludes halogenated alkanes) is 1. The third-order valence-corrected chi connectivity index (χ3v) is 4.64. The van der Waals surface area contributed by atoms with Crippen LogP contribution in [-0.4, -0.2) is 25.2 Å². The molecule has 0 aromatic heterocycles. The number of hydrogen-bond acceptors (Lipinski definition) is 4. The van der Waals surface area contributed by atoms with E-state index >= 15 is 0 Å². The molecule has 2 saturated carbocycles. The Hall–Kier alpha value is -1.24. The Kier molecular flexibility index (Phi) is 4.86. The Labute approximate surface area is 108 Å². The molecule has 4 nitrogen and oxygen atoms in total. The van der Waals surface area contributed by atoms with E-state index in [1.807, 2.05) is 0 Å². The van der Waals surface area contributed by atoms with Gasteiger partial charge in [0.15, 0.2) is 0 Å². The van der Waals surface area contributed by atoms with Crippen molar-refractivity contribution in [3.8, 4) is 0 Å². The molecule has 4 atom stereocenters. The van der Waals surface area contributed by atoms with Crippen LogP contribution in [0.5, 0.6) is 0 Å². The number of fused-ring (bicyclic) bond motifs is 2. The molecule has 18 heavy (non-hydrogen) atoms. The summed E-state index contributed by atoms with van der Waals surface area (Å²) in [6, 6.07) is 0. The number of carbonyl (C=O) groups excluding carboxylic acids is 2. The molecule has 0 radical (unpaired) electrons. The summed E-state index contributed by atoms with van der Waals surface area (Å²) < 4.78 is 0. The highest BCUT2D eigenvalue weighted by Gasteiger charge is 2.45. The minimum atomic E-state index is 0.614. The van der Waals surface area contributed by atoms with Crippen LogP contribution in [0.2, 0.25) is 0 Å². The summed E-state index contributed by atoms with van der Waals surface area (Å²) in [4.78, 5) is 27.5. The predicted molar refractivity (Wildman–Crippen MR) is 67.6 cm³/mol. The van der Waals surface area contributed by atoms with E-state index in [2.05, 4.69) is 9.98 Å². The smallest absolute Gasteiger partial charge is 0.211 e. The Morgan fingerprint density at radius 2 is 1.72 bits per heavy atom. The Bertz CT molecular complexity index is 370. The second-order valence-corrected chi connectivity index (χ2v) is 5.66. The molecule has 2 aliphatic rings. The summed E-state index contributed by atoms with van der Waals surface area (Å²) in [5.41, 5.74) is 0. The van der Waals surface area contributed by atoms with Crippen molar-refractivity contribution in [1.82, 2.24) is 0 Å². The van der Waals surface area contributed by atoms with E-state index in [1.165, 1.54) is 25.7 Å². The monoisotopic (exact) mass is 248 g/mol. The molecule has 98 valence electrons. The van der Waals surface area contributed by atoms with Crippen LogP contribution in [0.25, 0.3) is 0 Å². The lowest BCUT2D eigenvalue weighted by Crippen LogP contribution is -2.22. The van der Waals surface area contributed by atoms with Gasteiger partial charge in [0, 0.05) is 0 Å². The van der Waals surface area contributed by atoms with Gasteiger partial charge >= 0.3 is 0 Å². The predicted octanol–water partition coefficient (Wildman–Crippen LogP) is 2.49. The third kappa shape index (κ3) is 3.16. The van der Waals surface area contributed by atoms with Crippen molar-refractivity contribution in [2.75, 3.05) is 13.1 Å². The molecule has 0 aromatic carbocycles. The van der Waals surface area contributed by atoms with Crippen molar-refractivity contribution in [3.63, 3.8) is 0 Å². The molecule has 2 aliphatic carbocycles. The summed E-state index contributed by atoms with van der Waals surface area (Å²) in [5.74, 6) is 3.04. The van der Waals surface area contributed by atoms with Gasteiger partial charge in [0.2, 0.25) is 12.2 Å². The summed E-state index contributed by atoms with van der Waals surface area (Å²) in [5, 5.41) is 0.